The Balaban J connectivity index is 1.62. The Bertz CT molecular complexity index is 1290. The number of carbonyl (C=O) groups excluding carboxylic acids is 1. The number of nitrogen functional groups attached to an aromatic ring is 2. The molecule has 0 spiro atoms. The van der Waals surface area contributed by atoms with Gasteiger partial charge in [-0.25, -0.2) is 9.78 Å². The molecule has 0 saturated heterocycles. The molecule has 1 aliphatic heterocycles. The van der Waals surface area contributed by atoms with Crippen LogP contribution < -0.4 is 21.5 Å². The number of nitrogens with zero attached hydrogens (tertiary/aromatic N) is 2. The number of rotatable bonds is 4. The van der Waals surface area contributed by atoms with Gasteiger partial charge in [-0.05, 0) is 81.7 Å². The SMILES string of the molecule is CC(C)(C)OC(=O)Nc1ccc(C2=CC(C)(C)Oc3ccc(Cc4cnc(N)nc4N)cc32)cc1. The summed E-state index contributed by atoms with van der Waals surface area (Å²) in [5.74, 6) is 1.33. The van der Waals surface area contributed by atoms with Crippen LogP contribution >= 0.6 is 0 Å². The Kier molecular flexibility index (Phi) is 6.15. The minimum atomic E-state index is -0.562. The number of hydrogen-bond donors (Lipinski definition) is 3. The lowest BCUT2D eigenvalue weighted by Gasteiger charge is -2.31. The number of aromatic nitrogens is 2. The maximum atomic E-state index is 12.1. The van der Waals surface area contributed by atoms with Gasteiger partial charge >= 0.3 is 6.09 Å². The Morgan fingerprint density at radius 1 is 1.11 bits per heavy atom. The van der Waals surface area contributed by atoms with Gasteiger partial charge in [-0.3, -0.25) is 5.32 Å². The highest BCUT2D eigenvalue weighted by molar-refractivity contribution is 5.88. The average Bonchev–Trinajstić information content (AvgIpc) is 2.74. The van der Waals surface area contributed by atoms with Crippen LogP contribution in [0.2, 0.25) is 0 Å². The van der Waals surface area contributed by atoms with Crippen molar-refractivity contribution in [3.05, 3.63) is 77.0 Å². The van der Waals surface area contributed by atoms with Gasteiger partial charge in [-0.1, -0.05) is 18.2 Å². The summed E-state index contributed by atoms with van der Waals surface area (Å²) in [4.78, 5) is 20.2. The van der Waals surface area contributed by atoms with E-state index in [2.05, 4.69) is 27.4 Å². The van der Waals surface area contributed by atoms with Gasteiger partial charge in [0.15, 0.2) is 0 Å². The number of benzene rings is 2. The fraction of sp³-hybridized carbons (Fsp3) is 0.296. The number of ether oxygens (including phenoxy) is 2. The highest BCUT2D eigenvalue weighted by atomic mass is 16.6. The number of nitrogens with one attached hydrogen (secondary N) is 1. The molecule has 4 rings (SSSR count). The predicted octanol–water partition coefficient (Wildman–Crippen LogP) is 5.18. The van der Waals surface area contributed by atoms with E-state index in [1.807, 2.05) is 71.0 Å². The minimum absolute atomic E-state index is 0.155. The van der Waals surface area contributed by atoms with E-state index >= 15 is 0 Å². The van der Waals surface area contributed by atoms with E-state index in [1.165, 1.54) is 0 Å². The van der Waals surface area contributed by atoms with Gasteiger partial charge in [-0.15, -0.1) is 0 Å². The molecule has 1 amide bonds. The molecule has 5 N–H and O–H groups in total. The summed E-state index contributed by atoms with van der Waals surface area (Å²) >= 11 is 0. The second kappa shape index (κ2) is 8.94. The van der Waals surface area contributed by atoms with Crippen LogP contribution in [0.4, 0.5) is 22.2 Å². The molecule has 8 heteroatoms. The Hall–Kier alpha value is -4.07. The van der Waals surface area contributed by atoms with Crippen LogP contribution in [0.3, 0.4) is 0 Å². The average molecular weight is 474 g/mol. The first kappa shape index (κ1) is 24.1. The summed E-state index contributed by atoms with van der Waals surface area (Å²) in [5, 5.41) is 2.77. The summed E-state index contributed by atoms with van der Waals surface area (Å²) in [6.45, 7) is 9.53. The number of nitrogens with two attached hydrogens (primary N) is 2. The van der Waals surface area contributed by atoms with Gasteiger partial charge in [0.2, 0.25) is 5.95 Å². The molecular formula is C27H31N5O3. The molecule has 2 heterocycles. The van der Waals surface area contributed by atoms with Crippen LogP contribution in [0, 0.1) is 0 Å². The van der Waals surface area contributed by atoms with Crippen LogP contribution in [-0.4, -0.2) is 27.3 Å². The van der Waals surface area contributed by atoms with Gasteiger partial charge in [-0.2, -0.15) is 4.98 Å². The van der Waals surface area contributed by atoms with Crippen molar-refractivity contribution in [2.45, 2.75) is 52.2 Å². The van der Waals surface area contributed by atoms with Gasteiger partial charge < -0.3 is 20.9 Å². The molecule has 1 aromatic heterocycles. The van der Waals surface area contributed by atoms with Crippen molar-refractivity contribution in [3.8, 4) is 5.75 Å². The van der Waals surface area contributed by atoms with Gasteiger partial charge in [0, 0.05) is 29.4 Å². The van der Waals surface area contributed by atoms with Crippen molar-refractivity contribution in [2.75, 3.05) is 16.8 Å². The first-order valence-electron chi connectivity index (χ1n) is 11.4. The maximum Gasteiger partial charge on any atom is 0.412 e. The first-order valence-corrected chi connectivity index (χ1v) is 11.4. The maximum absolute atomic E-state index is 12.1. The molecule has 0 radical (unpaired) electrons. The standard InChI is InChI=1S/C27H31N5O3/c1-26(2,3)35-25(33)31-19-9-7-17(8-10-19)21-14-27(4,5)34-22-11-6-16(13-20(21)22)12-18-15-30-24(29)32-23(18)28/h6-11,13-15H,12H2,1-5H3,(H,31,33)(H4,28,29,30,32). The summed E-state index contributed by atoms with van der Waals surface area (Å²) in [5.41, 5.74) is 16.2. The molecule has 0 bridgehead atoms. The zero-order valence-electron chi connectivity index (χ0n) is 20.7. The van der Waals surface area contributed by atoms with Crippen LogP contribution in [-0.2, 0) is 11.2 Å². The molecule has 0 unspecified atom stereocenters. The third-order valence-electron chi connectivity index (χ3n) is 5.35. The molecule has 2 aromatic carbocycles. The second-order valence-electron chi connectivity index (χ2n) is 10.1. The number of anilines is 3. The Labute approximate surface area is 205 Å². The lowest BCUT2D eigenvalue weighted by molar-refractivity contribution is 0.0636. The third-order valence-corrected chi connectivity index (χ3v) is 5.35. The summed E-state index contributed by atoms with van der Waals surface area (Å²) < 4.78 is 11.6. The van der Waals surface area contributed by atoms with E-state index < -0.39 is 17.3 Å². The van der Waals surface area contributed by atoms with Crippen molar-refractivity contribution < 1.29 is 14.3 Å². The van der Waals surface area contributed by atoms with Crippen molar-refractivity contribution in [1.29, 1.82) is 0 Å². The van der Waals surface area contributed by atoms with E-state index in [-0.39, 0.29) is 5.95 Å². The molecule has 0 atom stereocenters. The lowest BCUT2D eigenvalue weighted by Crippen LogP contribution is -2.29. The summed E-state index contributed by atoms with van der Waals surface area (Å²) in [6, 6.07) is 13.8. The number of carbonyl (C=O) groups is 1. The van der Waals surface area contributed by atoms with E-state index in [9.17, 15) is 4.79 Å². The Morgan fingerprint density at radius 3 is 2.49 bits per heavy atom. The van der Waals surface area contributed by atoms with Crippen molar-refractivity contribution in [2.24, 2.45) is 0 Å². The molecular weight excluding hydrogens is 442 g/mol. The summed E-state index contributed by atoms with van der Waals surface area (Å²) in [7, 11) is 0. The highest BCUT2D eigenvalue weighted by Gasteiger charge is 2.27. The Morgan fingerprint density at radius 2 is 1.83 bits per heavy atom. The molecule has 182 valence electrons. The van der Waals surface area contributed by atoms with Crippen LogP contribution in [0.15, 0.2) is 54.7 Å². The van der Waals surface area contributed by atoms with Crippen LogP contribution in [0.1, 0.15) is 56.9 Å². The van der Waals surface area contributed by atoms with E-state index in [0.29, 0.717) is 17.9 Å². The third kappa shape index (κ3) is 5.90. The molecule has 0 fully saturated rings. The van der Waals surface area contributed by atoms with Gasteiger partial charge in [0.25, 0.3) is 0 Å². The monoisotopic (exact) mass is 473 g/mol. The minimum Gasteiger partial charge on any atom is -0.483 e. The molecule has 0 aliphatic carbocycles. The molecule has 3 aromatic rings. The van der Waals surface area contributed by atoms with Crippen molar-refractivity contribution >= 4 is 29.1 Å². The fourth-order valence-corrected chi connectivity index (χ4v) is 3.91. The van der Waals surface area contributed by atoms with Crippen LogP contribution in [0.5, 0.6) is 5.75 Å². The smallest absolute Gasteiger partial charge is 0.412 e. The predicted molar refractivity (Wildman–Crippen MR) is 138 cm³/mol. The topological polar surface area (TPSA) is 125 Å². The van der Waals surface area contributed by atoms with E-state index in [1.54, 1.807) is 6.20 Å². The summed E-state index contributed by atoms with van der Waals surface area (Å²) in [6.07, 6.45) is 3.84. The van der Waals surface area contributed by atoms with Crippen molar-refractivity contribution in [1.82, 2.24) is 9.97 Å². The van der Waals surface area contributed by atoms with E-state index in [0.717, 1.165) is 33.6 Å². The number of amides is 1. The number of hydrogen-bond acceptors (Lipinski definition) is 7. The molecule has 0 saturated carbocycles. The number of fused-ring (bicyclic) bond motifs is 1. The first-order chi connectivity index (χ1) is 16.4. The molecule has 8 nitrogen and oxygen atoms in total. The molecule has 35 heavy (non-hydrogen) atoms. The molecule has 1 aliphatic rings. The normalized spacial score (nSPS) is 14.4. The van der Waals surface area contributed by atoms with Crippen molar-refractivity contribution in [3.63, 3.8) is 0 Å². The largest absolute Gasteiger partial charge is 0.483 e. The zero-order chi connectivity index (χ0) is 25.4. The lowest BCUT2D eigenvalue weighted by atomic mass is 9.88. The quantitative estimate of drug-likeness (QED) is 0.476. The van der Waals surface area contributed by atoms with Gasteiger partial charge in [0.1, 0.15) is 22.8 Å². The highest BCUT2D eigenvalue weighted by Crippen LogP contribution is 2.40. The van der Waals surface area contributed by atoms with Gasteiger partial charge in [0.05, 0.1) is 0 Å². The van der Waals surface area contributed by atoms with E-state index in [4.69, 9.17) is 20.9 Å². The fourth-order valence-electron chi connectivity index (χ4n) is 3.91. The zero-order valence-corrected chi connectivity index (χ0v) is 20.7. The van der Waals surface area contributed by atoms with Crippen LogP contribution in [0.25, 0.3) is 5.57 Å². The second-order valence-corrected chi connectivity index (χ2v) is 10.1.